The highest BCUT2D eigenvalue weighted by Crippen LogP contribution is 2.00. The standard InChI is InChI=1S/C10H12N4O/c15-8-10-7-14(13-12-10)5-3-9-2-1-4-11-6-9/h1-2,4,6-7,15H,3,5,8H2. The number of aromatic nitrogens is 4. The molecule has 2 heterocycles. The van der Waals surface area contributed by atoms with Gasteiger partial charge < -0.3 is 5.11 Å². The van der Waals surface area contributed by atoms with Crippen LogP contribution in [0.15, 0.2) is 30.7 Å². The van der Waals surface area contributed by atoms with E-state index in [1.54, 1.807) is 17.1 Å². The summed E-state index contributed by atoms with van der Waals surface area (Å²) >= 11 is 0. The average Bonchev–Trinajstić information content (AvgIpc) is 2.76. The number of nitrogens with zero attached hydrogens (tertiary/aromatic N) is 4. The SMILES string of the molecule is OCc1cn(CCc2cccnc2)nn1. The number of aliphatic hydroxyl groups is 1. The summed E-state index contributed by atoms with van der Waals surface area (Å²) in [6, 6.07) is 3.94. The first-order chi connectivity index (χ1) is 7.38. The van der Waals surface area contributed by atoms with Crippen molar-refractivity contribution < 1.29 is 5.11 Å². The van der Waals surface area contributed by atoms with Crippen LogP contribution in [0.5, 0.6) is 0 Å². The number of aliphatic hydroxyl groups excluding tert-OH is 1. The highest BCUT2D eigenvalue weighted by molar-refractivity contribution is 5.08. The van der Waals surface area contributed by atoms with Crippen molar-refractivity contribution in [2.24, 2.45) is 0 Å². The third kappa shape index (κ3) is 2.60. The van der Waals surface area contributed by atoms with Gasteiger partial charge in [-0.3, -0.25) is 9.67 Å². The summed E-state index contributed by atoms with van der Waals surface area (Å²) in [5.41, 5.74) is 1.76. The fraction of sp³-hybridized carbons (Fsp3) is 0.300. The Balaban J connectivity index is 1.93. The summed E-state index contributed by atoms with van der Waals surface area (Å²) in [5.74, 6) is 0. The minimum atomic E-state index is -0.0626. The molecule has 2 aromatic rings. The summed E-state index contributed by atoms with van der Waals surface area (Å²) < 4.78 is 1.72. The lowest BCUT2D eigenvalue weighted by molar-refractivity contribution is 0.276. The summed E-state index contributed by atoms with van der Waals surface area (Å²) in [6.45, 7) is 0.686. The van der Waals surface area contributed by atoms with Crippen molar-refractivity contribution in [3.8, 4) is 0 Å². The highest BCUT2D eigenvalue weighted by atomic mass is 16.3. The van der Waals surface area contributed by atoms with Crippen molar-refractivity contribution in [2.45, 2.75) is 19.6 Å². The van der Waals surface area contributed by atoms with Crippen molar-refractivity contribution >= 4 is 0 Å². The van der Waals surface area contributed by atoms with E-state index in [1.807, 2.05) is 18.3 Å². The number of hydrogen-bond donors (Lipinski definition) is 1. The van der Waals surface area contributed by atoms with Crippen LogP contribution in [0, 0.1) is 0 Å². The molecule has 15 heavy (non-hydrogen) atoms. The Bertz CT molecular complexity index is 412. The van der Waals surface area contributed by atoms with Crippen molar-refractivity contribution in [3.05, 3.63) is 42.0 Å². The second-order valence-electron chi connectivity index (χ2n) is 3.24. The maximum atomic E-state index is 8.81. The first-order valence-electron chi connectivity index (χ1n) is 4.77. The van der Waals surface area contributed by atoms with Crippen LogP contribution < -0.4 is 0 Å². The van der Waals surface area contributed by atoms with E-state index in [-0.39, 0.29) is 6.61 Å². The Morgan fingerprint density at radius 1 is 1.40 bits per heavy atom. The van der Waals surface area contributed by atoms with E-state index in [4.69, 9.17) is 5.11 Å². The predicted octanol–water partition coefficient (Wildman–Crippen LogP) is 0.408. The van der Waals surface area contributed by atoms with Gasteiger partial charge in [-0.15, -0.1) is 5.10 Å². The molecule has 0 radical (unpaired) electrons. The molecule has 0 unspecified atom stereocenters. The Kier molecular flexibility index (Phi) is 3.04. The van der Waals surface area contributed by atoms with E-state index in [2.05, 4.69) is 15.3 Å². The second kappa shape index (κ2) is 4.65. The van der Waals surface area contributed by atoms with Crippen molar-refractivity contribution in [1.29, 1.82) is 0 Å². The average molecular weight is 204 g/mol. The molecule has 78 valence electrons. The summed E-state index contributed by atoms with van der Waals surface area (Å²) in [5, 5.41) is 16.5. The van der Waals surface area contributed by atoms with E-state index in [0.29, 0.717) is 5.69 Å². The molecule has 0 atom stereocenters. The van der Waals surface area contributed by atoms with Gasteiger partial charge >= 0.3 is 0 Å². The van der Waals surface area contributed by atoms with Crippen molar-refractivity contribution in [3.63, 3.8) is 0 Å². The third-order valence-electron chi connectivity index (χ3n) is 2.10. The Morgan fingerprint density at radius 3 is 3.00 bits per heavy atom. The minimum Gasteiger partial charge on any atom is -0.390 e. The molecule has 0 aromatic carbocycles. The lowest BCUT2D eigenvalue weighted by atomic mass is 10.2. The van der Waals surface area contributed by atoms with Gasteiger partial charge in [0.05, 0.1) is 12.8 Å². The topological polar surface area (TPSA) is 63.8 Å². The molecule has 2 rings (SSSR count). The van der Waals surface area contributed by atoms with Crippen LogP contribution in [0.3, 0.4) is 0 Å². The van der Waals surface area contributed by atoms with Gasteiger partial charge in [0.1, 0.15) is 5.69 Å². The van der Waals surface area contributed by atoms with Gasteiger partial charge in [-0.25, -0.2) is 0 Å². The van der Waals surface area contributed by atoms with Gasteiger partial charge in [0, 0.05) is 18.9 Å². The number of aryl methyl sites for hydroxylation is 2. The molecule has 0 bridgehead atoms. The van der Waals surface area contributed by atoms with E-state index in [0.717, 1.165) is 13.0 Å². The Hall–Kier alpha value is -1.75. The van der Waals surface area contributed by atoms with Gasteiger partial charge in [0.15, 0.2) is 0 Å². The largest absolute Gasteiger partial charge is 0.390 e. The number of rotatable bonds is 4. The first-order valence-corrected chi connectivity index (χ1v) is 4.77. The van der Waals surface area contributed by atoms with Gasteiger partial charge in [-0.2, -0.15) is 0 Å². The second-order valence-corrected chi connectivity index (χ2v) is 3.24. The lowest BCUT2D eigenvalue weighted by Crippen LogP contribution is -2.02. The molecular weight excluding hydrogens is 192 g/mol. The Labute approximate surface area is 87.4 Å². The van der Waals surface area contributed by atoms with Crippen LogP contribution in [0.4, 0.5) is 0 Å². The van der Waals surface area contributed by atoms with Crippen LogP contribution >= 0.6 is 0 Å². The molecule has 0 aliphatic heterocycles. The van der Waals surface area contributed by atoms with E-state index >= 15 is 0 Å². The van der Waals surface area contributed by atoms with Crippen LogP contribution in [0.25, 0.3) is 0 Å². The monoisotopic (exact) mass is 204 g/mol. The summed E-state index contributed by atoms with van der Waals surface area (Å²) in [6.07, 6.45) is 6.20. The van der Waals surface area contributed by atoms with E-state index in [1.165, 1.54) is 5.56 Å². The van der Waals surface area contributed by atoms with Gasteiger partial charge in [0.25, 0.3) is 0 Å². The third-order valence-corrected chi connectivity index (χ3v) is 2.10. The fourth-order valence-electron chi connectivity index (χ4n) is 1.31. The van der Waals surface area contributed by atoms with Crippen LogP contribution in [0.1, 0.15) is 11.3 Å². The van der Waals surface area contributed by atoms with Crippen LogP contribution in [-0.2, 0) is 19.6 Å². The molecule has 0 amide bonds. The lowest BCUT2D eigenvalue weighted by Gasteiger charge is -1.99. The summed E-state index contributed by atoms with van der Waals surface area (Å²) in [7, 11) is 0. The molecule has 0 spiro atoms. The van der Waals surface area contributed by atoms with Crippen LogP contribution in [0.2, 0.25) is 0 Å². The predicted molar refractivity (Wildman–Crippen MR) is 53.9 cm³/mol. The van der Waals surface area contributed by atoms with Gasteiger partial charge in [0.2, 0.25) is 0 Å². The molecule has 5 nitrogen and oxygen atoms in total. The zero-order chi connectivity index (χ0) is 10.5. The molecule has 0 saturated heterocycles. The van der Waals surface area contributed by atoms with Crippen molar-refractivity contribution in [1.82, 2.24) is 20.0 Å². The molecule has 5 heteroatoms. The van der Waals surface area contributed by atoms with E-state index < -0.39 is 0 Å². The maximum absolute atomic E-state index is 8.81. The zero-order valence-electron chi connectivity index (χ0n) is 8.24. The zero-order valence-corrected chi connectivity index (χ0v) is 8.24. The van der Waals surface area contributed by atoms with Gasteiger partial charge in [-0.1, -0.05) is 11.3 Å². The number of pyridine rings is 1. The first kappa shape index (κ1) is 9.79. The molecule has 0 aliphatic carbocycles. The van der Waals surface area contributed by atoms with E-state index in [9.17, 15) is 0 Å². The Morgan fingerprint density at radius 2 is 2.33 bits per heavy atom. The normalized spacial score (nSPS) is 10.5. The van der Waals surface area contributed by atoms with Gasteiger partial charge in [-0.05, 0) is 18.1 Å². The summed E-state index contributed by atoms with van der Waals surface area (Å²) in [4.78, 5) is 4.03. The maximum Gasteiger partial charge on any atom is 0.108 e. The molecular formula is C10H12N4O. The van der Waals surface area contributed by atoms with Crippen molar-refractivity contribution in [2.75, 3.05) is 0 Å². The molecule has 0 saturated carbocycles. The highest BCUT2D eigenvalue weighted by Gasteiger charge is 1.99. The number of hydrogen-bond acceptors (Lipinski definition) is 4. The molecule has 0 aliphatic rings. The quantitative estimate of drug-likeness (QED) is 0.783. The molecule has 2 aromatic heterocycles. The van der Waals surface area contributed by atoms with Crippen LogP contribution in [-0.4, -0.2) is 25.1 Å². The molecule has 0 fully saturated rings. The fourth-order valence-corrected chi connectivity index (χ4v) is 1.31. The minimum absolute atomic E-state index is 0.0626. The smallest absolute Gasteiger partial charge is 0.108 e. The molecule has 1 N–H and O–H groups in total.